The van der Waals surface area contributed by atoms with E-state index in [1.165, 1.54) is 0 Å². The number of aromatic amines is 1. The first-order chi connectivity index (χ1) is 13.6. The van der Waals surface area contributed by atoms with Crippen LogP contribution in [0.2, 0.25) is 5.02 Å². The van der Waals surface area contributed by atoms with E-state index in [0.29, 0.717) is 27.9 Å². The molecule has 28 heavy (non-hydrogen) atoms. The minimum atomic E-state index is 0.380. The lowest BCUT2D eigenvalue weighted by Gasteiger charge is -2.13. The van der Waals surface area contributed by atoms with Gasteiger partial charge in [-0.1, -0.05) is 36.7 Å². The molecule has 1 N–H and O–H groups in total. The molecule has 0 amide bonds. The Morgan fingerprint density at radius 3 is 2.75 bits per heavy atom. The van der Waals surface area contributed by atoms with Crippen molar-refractivity contribution < 1.29 is 9.47 Å². The van der Waals surface area contributed by atoms with Crippen LogP contribution in [0.25, 0.3) is 0 Å². The van der Waals surface area contributed by atoms with Gasteiger partial charge in [-0.25, -0.2) is 0 Å². The summed E-state index contributed by atoms with van der Waals surface area (Å²) < 4.78 is 13.6. The Bertz CT molecular complexity index is 1010. The number of para-hydroxylation sites is 1. The van der Waals surface area contributed by atoms with Gasteiger partial charge in [-0.3, -0.25) is 5.10 Å². The van der Waals surface area contributed by atoms with E-state index in [1.807, 2.05) is 42.5 Å². The predicted octanol–water partition coefficient (Wildman–Crippen LogP) is 5.02. The van der Waals surface area contributed by atoms with Crippen LogP contribution >= 0.6 is 23.8 Å². The van der Waals surface area contributed by atoms with E-state index in [4.69, 9.17) is 33.3 Å². The maximum absolute atomic E-state index is 6.04. The zero-order valence-corrected chi connectivity index (χ0v) is 17.3. The van der Waals surface area contributed by atoms with E-state index in [9.17, 15) is 0 Å². The lowest BCUT2D eigenvalue weighted by molar-refractivity contribution is 0.284. The van der Waals surface area contributed by atoms with E-state index in [0.717, 1.165) is 29.8 Å². The minimum absolute atomic E-state index is 0.380. The molecule has 6 nitrogen and oxygen atoms in total. The van der Waals surface area contributed by atoms with Gasteiger partial charge in [0, 0.05) is 17.0 Å². The highest BCUT2D eigenvalue weighted by atomic mass is 35.5. The van der Waals surface area contributed by atoms with Crippen LogP contribution in [0.1, 0.15) is 30.3 Å². The number of benzene rings is 2. The monoisotopic (exact) mass is 416 g/mol. The first-order valence-corrected chi connectivity index (χ1v) is 9.66. The van der Waals surface area contributed by atoms with Crippen molar-refractivity contribution in [3.63, 3.8) is 0 Å². The number of halogens is 1. The van der Waals surface area contributed by atoms with E-state index in [2.05, 4.69) is 22.2 Å². The van der Waals surface area contributed by atoms with Crippen molar-refractivity contribution in [3.05, 3.63) is 69.2 Å². The van der Waals surface area contributed by atoms with E-state index in [-0.39, 0.29) is 0 Å². The number of H-pyrrole nitrogens is 1. The number of nitrogens with one attached hydrogen (secondary N) is 1. The molecule has 8 heteroatoms. The van der Waals surface area contributed by atoms with Gasteiger partial charge in [-0.2, -0.15) is 14.9 Å². The zero-order valence-electron chi connectivity index (χ0n) is 15.7. The second kappa shape index (κ2) is 9.52. The summed E-state index contributed by atoms with van der Waals surface area (Å²) in [5.74, 6) is 2.02. The number of hydrogen-bond acceptors (Lipinski definition) is 5. The fraction of sp³-hybridized carbons (Fsp3) is 0.250. The lowest BCUT2D eigenvalue weighted by atomic mass is 10.2. The molecule has 0 aliphatic heterocycles. The molecular weight excluding hydrogens is 396 g/mol. The molecule has 0 atom stereocenters. The molecule has 146 valence electrons. The van der Waals surface area contributed by atoms with Gasteiger partial charge in [-0.15, -0.1) is 0 Å². The molecule has 0 aliphatic carbocycles. The lowest BCUT2D eigenvalue weighted by Crippen LogP contribution is -2.02. The molecule has 3 aromatic rings. The summed E-state index contributed by atoms with van der Waals surface area (Å²) in [6, 6.07) is 13.2. The molecule has 0 fully saturated rings. The molecule has 0 saturated heterocycles. The van der Waals surface area contributed by atoms with Crippen molar-refractivity contribution in [2.24, 2.45) is 5.10 Å². The third-order valence-corrected chi connectivity index (χ3v) is 4.55. The second-order valence-electron chi connectivity index (χ2n) is 6.05. The smallest absolute Gasteiger partial charge is 0.216 e. The molecule has 1 heterocycles. The first kappa shape index (κ1) is 20.1. The standard InChI is InChI=1S/C20H21ClN4O2S/c1-3-5-18-23-24-20(28)25(18)22-12-15-6-4-7-17(26-2)19(15)27-13-14-8-10-16(21)11-9-14/h4,6-12H,3,5,13H2,1-2H3,(H,24,28)/b22-12-. The summed E-state index contributed by atoms with van der Waals surface area (Å²) in [5.41, 5.74) is 1.78. The van der Waals surface area contributed by atoms with Gasteiger partial charge in [0.25, 0.3) is 0 Å². The number of aromatic nitrogens is 3. The minimum Gasteiger partial charge on any atom is -0.493 e. The predicted molar refractivity (Wildman–Crippen MR) is 113 cm³/mol. The highest BCUT2D eigenvalue weighted by molar-refractivity contribution is 7.71. The molecule has 1 aromatic heterocycles. The summed E-state index contributed by atoms with van der Waals surface area (Å²) in [7, 11) is 1.61. The topological polar surface area (TPSA) is 64.4 Å². The molecule has 0 bridgehead atoms. The van der Waals surface area contributed by atoms with Crippen LogP contribution in [0.4, 0.5) is 0 Å². The fourth-order valence-electron chi connectivity index (χ4n) is 2.63. The molecule has 0 saturated carbocycles. The summed E-state index contributed by atoms with van der Waals surface area (Å²) in [6.07, 6.45) is 3.43. The first-order valence-electron chi connectivity index (χ1n) is 8.87. The molecule has 2 aromatic carbocycles. The van der Waals surface area contributed by atoms with Gasteiger partial charge < -0.3 is 9.47 Å². The van der Waals surface area contributed by atoms with Crippen molar-refractivity contribution in [2.75, 3.05) is 7.11 Å². The highest BCUT2D eigenvalue weighted by Crippen LogP contribution is 2.31. The fourth-order valence-corrected chi connectivity index (χ4v) is 2.96. The van der Waals surface area contributed by atoms with E-state index < -0.39 is 0 Å². The van der Waals surface area contributed by atoms with Crippen LogP contribution in [0.5, 0.6) is 11.5 Å². The Hall–Kier alpha value is -2.64. The van der Waals surface area contributed by atoms with E-state index in [1.54, 1.807) is 18.0 Å². The second-order valence-corrected chi connectivity index (χ2v) is 6.87. The molecule has 3 rings (SSSR count). The number of nitrogens with zero attached hydrogens (tertiary/aromatic N) is 3. The molecule has 0 unspecified atom stereocenters. The van der Waals surface area contributed by atoms with Gasteiger partial charge in [0.15, 0.2) is 17.3 Å². The van der Waals surface area contributed by atoms with Crippen LogP contribution in [-0.4, -0.2) is 28.2 Å². The number of ether oxygens (including phenoxy) is 2. The number of rotatable bonds is 8. The van der Waals surface area contributed by atoms with Crippen molar-refractivity contribution in [2.45, 2.75) is 26.4 Å². The summed E-state index contributed by atoms with van der Waals surface area (Å²) >= 11 is 11.2. The van der Waals surface area contributed by atoms with Gasteiger partial charge >= 0.3 is 0 Å². The van der Waals surface area contributed by atoms with Crippen LogP contribution in [0.15, 0.2) is 47.6 Å². The van der Waals surface area contributed by atoms with Crippen molar-refractivity contribution >= 4 is 30.0 Å². The Morgan fingerprint density at radius 1 is 1.25 bits per heavy atom. The Balaban J connectivity index is 1.88. The number of aryl methyl sites for hydroxylation is 1. The highest BCUT2D eigenvalue weighted by Gasteiger charge is 2.11. The molecule has 0 aliphatic rings. The molecule has 0 spiro atoms. The summed E-state index contributed by atoms with van der Waals surface area (Å²) in [6.45, 7) is 2.46. The third kappa shape index (κ3) is 4.79. The van der Waals surface area contributed by atoms with Crippen molar-refractivity contribution in [1.29, 1.82) is 0 Å². The van der Waals surface area contributed by atoms with Crippen LogP contribution < -0.4 is 9.47 Å². The quantitative estimate of drug-likeness (QED) is 0.413. The Kier molecular flexibility index (Phi) is 6.84. The van der Waals surface area contributed by atoms with Gasteiger partial charge in [0.05, 0.1) is 13.3 Å². The maximum Gasteiger partial charge on any atom is 0.216 e. The van der Waals surface area contributed by atoms with Crippen LogP contribution in [0, 0.1) is 4.77 Å². The van der Waals surface area contributed by atoms with Gasteiger partial charge in [0.2, 0.25) is 4.77 Å². The normalized spacial score (nSPS) is 11.1. The number of hydrogen-bond donors (Lipinski definition) is 1. The van der Waals surface area contributed by atoms with Crippen molar-refractivity contribution in [3.8, 4) is 11.5 Å². The van der Waals surface area contributed by atoms with Gasteiger partial charge in [-0.05, 0) is 48.5 Å². The molecular formula is C20H21ClN4O2S. The van der Waals surface area contributed by atoms with Crippen LogP contribution in [-0.2, 0) is 13.0 Å². The van der Waals surface area contributed by atoms with E-state index >= 15 is 0 Å². The van der Waals surface area contributed by atoms with Gasteiger partial charge in [0.1, 0.15) is 6.61 Å². The number of methoxy groups -OCH3 is 1. The van der Waals surface area contributed by atoms with Crippen LogP contribution in [0.3, 0.4) is 0 Å². The summed E-state index contributed by atoms with van der Waals surface area (Å²) in [4.78, 5) is 0. The SMILES string of the molecule is CCCc1n[nH]c(=S)n1/N=C\c1cccc(OC)c1OCc1ccc(Cl)cc1. The zero-order chi connectivity index (χ0) is 19.9. The average Bonchev–Trinajstić information content (AvgIpc) is 3.05. The maximum atomic E-state index is 6.04. The van der Waals surface area contributed by atoms with Crippen molar-refractivity contribution in [1.82, 2.24) is 14.9 Å². The average molecular weight is 417 g/mol. The summed E-state index contributed by atoms with van der Waals surface area (Å²) in [5, 5.41) is 12.2. The Morgan fingerprint density at radius 2 is 2.04 bits per heavy atom. The largest absolute Gasteiger partial charge is 0.493 e. The Labute approximate surface area is 173 Å². The molecule has 0 radical (unpaired) electrons. The third-order valence-electron chi connectivity index (χ3n) is 4.03.